The van der Waals surface area contributed by atoms with Crippen LogP contribution in [0.3, 0.4) is 0 Å². The number of ether oxygens (including phenoxy) is 1. The number of piperidine rings is 1. The fourth-order valence-corrected chi connectivity index (χ4v) is 4.79. The van der Waals surface area contributed by atoms with E-state index in [9.17, 15) is 4.79 Å². The van der Waals surface area contributed by atoms with Gasteiger partial charge in [-0.1, -0.05) is 6.07 Å². The van der Waals surface area contributed by atoms with Crippen LogP contribution in [0.15, 0.2) is 48.8 Å². The van der Waals surface area contributed by atoms with Gasteiger partial charge in [0.2, 0.25) is 0 Å². The number of amides is 1. The maximum atomic E-state index is 13.1. The molecule has 0 aliphatic carbocycles. The van der Waals surface area contributed by atoms with Gasteiger partial charge in [-0.15, -0.1) is 0 Å². The van der Waals surface area contributed by atoms with Crippen molar-refractivity contribution in [1.82, 2.24) is 19.4 Å². The van der Waals surface area contributed by atoms with Crippen LogP contribution in [0.1, 0.15) is 42.7 Å². The van der Waals surface area contributed by atoms with Gasteiger partial charge in [-0.3, -0.25) is 9.78 Å². The second-order valence-electron chi connectivity index (χ2n) is 8.94. The maximum absolute atomic E-state index is 13.1. The van der Waals surface area contributed by atoms with Gasteiger partial charge < -0.3 is 19.1 Å². The fourth-order valence-electron chi connectivity index (χ4n) is 4.79. The van der Waals surface area contributed by atoms with E-state index in [1.54, 1.807) is 6.20 Å². The van der Waals surface area contributed by atoms with Crippen LogP contribution in [-0.4, -0.2) is 57.0 Å². The Labute approximate surface area is 183 Å². The molecule has 1 saturated heterocycles. The van der Waals surface area contributed by atoms with Gasteiger partial charge >= 0.3 is 0 Å². The van der Waals surface area contributed by atoms with E-state index in [4.69, 9.17) is 4.74 Å². The van der Waals surface area contributed by atoms with Crippen molar-refractivity contribution >= 4 is 16.8 Å². The Hall–Kier alpha value is -2.86. The van der Waals surface area contributed by atoms with E-state index in [2.05, 4.69) is 46.5 Å². The first kappa shape index (κ1) is 20.1. The van der Waals surface area contributed by atoms with Crippen LogP contribution >= 0.6 is 0 Å². The van der Waals surface area contributed by atoms with Crippen molar-refractivity contribution in [3.63, 3.8) is 0 Å². The number of rotatable bonds is 5. The molecule has 0 atom stereocenters. The molecule has 1 aromatic carbocycles. The fraction of sp³-hybridized carbons (Fsp3) is 0.440. The summed E-state index contributed by atoms with van der Waals surface area (Å²) >= 11 is 0. The van der Waals surface area contributed by atoms with Crippen molar-refractivity contribution in [3.8, 4) is 5.75 Å². The molecule has 31 heavy (non-hydrogen) atoms. The van der Waals surface area contributed by atoms with Gasteiger partial charge in [0.1, 0.15) is 17.5 Å². The molecule has 6 heteroatoms. The average molecular weight is 419 g/mol. The van der Waals surface area contributed by atoms with Gasteiger partial charge in [0.25, 0.3) is 5.91 Å². The first-order chi connectivity index (χ1) is 15.1. The molecular weight excluding hydrogens is 388 g/mol. The summed E-state index contributed by atoms with van der Waals surface area (Å²) in [6.45, 7) is 8.79. The topological polar surface area (TPSA) is 50.6 Å². The Bertz CT molecular complexity index is 1070. The number of fused-ring (bicyclic) bond motifs is 3. The Balaban J connectivity index is 1.31. The van der Waals surface area contributed by atoms with Gasteiger partial charge in [0.05, 0.1) is 0 Å². The minimum absolute atomic E-state index is 0.0785. The minimum atomic E-state index is 0.0785. The monoisotopic (exact) mass is 418 g/mol. The lowest BCUT2D eigenvalue weighted by Gasteiger charge is -2.34. The summed E-state index contributed by atoms with van der Waals surface area (Å²) in [6, 6.07) is 12.8. The van der Waals surface area contributed by atoms with Crippen molar-refractivity contribution in [2.45, 2.75) is 51.9 Å². The molecular formula is C25H30N4O2. The molecule has 3 aromatic rings. The summed E-state index contributed by atoms with van der Waals surface area (Å²) in [7, 11) is 0. The van der Waals surface area contributed by atoms with E-state index in [0.29, 0.717) is 19.1 Å². The third-order valence-electron chi connectivity index (χ3n) is 6.58. The van der Waals surface area contributed by atoms with E-state index >= 15 is 0 Å². The number of aromatic nitrogens is 2. The summed E-state index contributed by atoms with van der Waals surface area (Å²) in [6.07, 6.45) is 5.97. The summed E-state index contributed by atoms with van der Waals surface area (Å²) < 4.78 is 8.45. The predicted molar refractivity (Wildman–Crippen MR) is 121 cm³/mol. The SMILES string of the molecule is CC(C)N1CCC(Oc2ccc3c(c2)cc2n3CCN(Cc3cccnc3)C2=O)CC1. The Morgan fingerprint density at radius 2 is 1.94 bits per heavy atom. The Morgan fingerprint density at radius 1 is 1.10 bits per heavy atom. The molecule has 4 heterocycles. The highest BCUT2D eigenvalue weighted by molar-refractivity contribution is 5.99. The normalized spacial score (nSPS) is 18.0. The zero-order chi connectivity index (χ0) is 21.4. The molecule has 0 radical (unpaired) electrons. The van der Waals surface area contributed by atoms with Gasteiger partial charge in [-0.2, -0.15) is 0 Å². The molecule has 0 N–H and O–H groups in total. The zero-order valence-electron chi connectivity index (χ0n) is 18.3. The second kappa shape index (κ2) is 8.35. The standard InChI is InChI=1S/C25H30N4O2/c1-18(2)27-10-7-21(8-11-27)31-22-5-6-23-20(14-22)15-24-25(30)28(12-13-29(23)24)17-19-4-3-9-26-16-19/h3-6,9,14-16,18,21H,7-8,10-13,17H2,1-2H3. The lowest BCUT2D eigenvalue weighted by atomic mass is 10.1. The number of hydrogen-bond acceptors (Lipinski definition) is 4. The minimum Gasteiger partial charge on any atom is -0.490 e. The zero-order valence-corrected chi connectivity index (χ0v) is 18.3. The van der Waals surface area contributed by atoms with Gasteiger partial charge in [-0.05, 0) is 62.6 Å². The third-order valence-corrected chi connectivity index (χ3v) is 6.58. The molecule has 5 rings (SSSR count). The molecule has 1 amide bonds. The number of pyridine rings is 1. The van der Waals surface area contributed by atoms with Crippen molar-refractivity contribution < 1.29 is 9.53 Å². The number of carbonyl (C=O) groups is 1. The van der Waals surface area contributed by atoms with Crippen LogP contribution in [0.2, 0.25) is 0 Å². The van der Waals surface area contributed by atoms with E-state index < -0.39 is 0 Å². The van der Waals surface area contributed by atoms with E-state index in [1.807, 2.05) is 29.3 Å². The molecule has 2 aliphatic rings. The number of likely N-dealkylation sites (tertiary alicyclic amines) is 1. The smallest absolute Gasteiger partial charge is 0.270 e. The molecule has 0 spiro atoms. The molecule has 0 unspecified atom stereocenters. The number of carbonyl (C=O) groups excluding carboxylic acids is 1. The van der Waals surface area contributed by atoms with Gasteiger partial charge in [-0.25, -0.2) is 0 Å². The molecule has 0 saturated carbocycles. The van der Waals surface area contributed by atoms with Crippen molar-refractivity contribution in [2.24, 2.45) is 0 Å². The highest BCUT2D eigenvalue weighted by Crippen LogP contribution is 2.29. The molecule has 2 aliphatic heterocycles. The largest absolute Gasteiger partial charge is 0.490 e. The van der Waals surface area contributed by atoms with Crippen molar-refractivity contribution in [3.05, 3.63) is 60.0 Å². The van der Waals surface area contributed by atoms with Crippen molar-refractivity contribution in [1.29, 1.82) is 0 Å². The number of hydrogen-bond donors (Lipinski definition) is 0. The number of nitrogens with zero attached hydrogens (tertiary/aromatic N) is 4. The van der Waals surface area contributed by atoms with Crippen LogP contribution in [0, 0.1) is 0 Å². The van der Waals surface area contributed by atoms with Crippen molar-refractivity contribution in [2.75, 3.05) is 19.6 Å². The average Bonchev–Trinajstić information content (AvgIpc) is 3.15. The first-order valence-electron chi connectivity index (χ1n) is 11.3. The summed E-state index contributed by atoms with van der Waals surface area (Å²) in [5, 5.41) is 1.07. The molecule has 0 bridgehead atoms. The number of benzene rings is 1. The van der Waals surface area contributed by atoms with Gasteiger partial charge in [0, 0.05) is 62.1 Å². The van der Waals surface area contributed by atoms with E-state index in [-0.39, 0.29) is 12.0 Å². The molecule has 1 fully saturated rings. The van der Waals surface area contributed by atoms with Crippen LogP contribution in [-0.2, 0) is 13.1 Å². The van der Waals surface area contributed by atoms with E-state index in [0.717, 1.165) is 60.4 Å². The van der Waals surface area contributed by atoms with Crippen LogP contribution in [0.4, 0.5) is 0 Å². The lowest BCUT2D eigenvalue weighted by molar-refractivity contribution is 0.0693. The highest BCUT2D eigenvalue weighted by Gasteiger charge is 2.27. The first-order valence-corrected chi connectivity index (χ1v) is 11.3. The Kier molecular flexibility index (Phi) is 5.40. The summed E-state index contributed by atoms with van der Waals surface area (Å²) in [5.41, 5.74) is 2.92. The second-order valence-corrected chi connectivity index (χ2v) is 8.94. The Morgan fingerprint density at radius 3 is 2.68 bits per heavy atom. The predicted octanol–water partition coefficient (Wildman–Crippen LogP) is 3.94. The maximum Gasteiger partial charge on any atom is 0.270 e. The third kappa shape index (κ3) is 4.04. The van der Waals surface area contributed by atoms with Crippen LogP contribution in [0.5, 0.6) is 5.75 Å². The molecule has 2 aromatic heterocycles. The highest BCUT2D eigenvalue weighted by atomic mass is 16.5. The van der Waals surface area contributed by atoms with E-state index in [1.165, 1.54) is 0 Å². The van der Waals surface area contributed by atoms with Gasteiger partial charge in [0.15, 0.2) is 0 Å². The van der Waals surface area contributed by atoms with Crippen LogP contribution < -0.4 is 4.74 Å². The summed E-state index contributed by atoms with van der Waals surface area (Å²) in [4.78, 5) is 21.7. The quantitative estimate of drug-likeness (QED) is 0.630. The molecule has 6 nitrogen and oxygen atoms in total. The van der Waals surface area contributed by atoms with Crippen LogP contribution in [0.25, 0.3) is 10.9 Å². The summed E-state index contributed by atoms with van der Waals surface area (Å²) in [5.74, 6) is 0.980. The lowest BCUT2D eigenvalue weighted by Crippen LogP contribution is -2.41. The molecule has 162 valence electrons.